The van der Waals surface area contributed by atoms with E-state index in [0.717, 1.165) is 32.2 Å². The molecule has 1 aromatic heterocycles. The van der Waals surface area contributed by atoms with Crippen molar-refractivity contribution in [1.82, 2.24) is 0 Å². The van der Waals surface area contributed by atoms with Gasteiger partial charge in [-0.25, -0.2) is 0 Å². The first-order valence-corrected chi connectivity index (χ1v) is 5.74. The molecular formula is C11H10N2OS. The minimum absolute atomic E-state index is 0.112. The van der Waals surface area contributed by atoms with Crippen molar-refractivity contribution in [2.45, 2.75) is 13.8 Å². The molecule has 0 spiro atoms. The quantitative estimate of drug-likeness (QED) is 0.487. The third kappa shape index (κ3) is 0.997. The molecule has 0 saturated heterocycles. The first kappa shape index (κ1) is 8.85. The molecule has 0 aromatic carbocycles. The summed E-state index contributed by atoms with van der Waals surface area (Å²) in [5.41, 5.74) is 3.72. The summed E-state index contributed by atoms with van der Waals surface area (Å²) in [4.78, 5) is 5.25. The Morgan fingerprint density at radius 2 is 2.33 bits per heavy atom. The highest BCUT2D eigenvalue weighted by Crippen LogP contribution is 2.43. The Bertz CT molecular complexity index is 537. The monoisotopic (exact) mass is 218 g/mol. The second-order valence-corrected chi connectivity index (χ2v) is 4.79. The first-order chi connectivity index (χ1) is 7.20. The molecule has 0 bridgehead atoms. The van der Waals surface area contributed by atoms with Crippen molar-refractivity contribution < 1.29 is 4.74 Å². The second-order valence-electron chi connectivity index (χ2n) is 3.91. The summed E-state index contributed by atoms with van der Waals surface area (Å²) in [6, 6.07) is 0. The smallest absolute Gasteiger partial charge is 0.238 e. The van der Waals surface area contributed by atoms with Gasteiger partial charge in [-0.3, -0.25) is 4.99 Å². The van der Waals surface area contributed by atoms with Crippen LogP contribution >= 0.6 is 11.3 Å². The van der Waals surface area contributed by atoms with Crippen LogP contribution in [0.5, 0.6) is 0 Å². The maximum absolute atomic E-state index is 12.1. The molecule has 2 aliphatic heterocycles. The van der Waals surface area contributed by atoms with E-state index in [9.17, 15) is 5.21 Å². The largest absolute Gasteiger partial charge is 0.618 e. The Labute approximate surface area is 91.7 Å². The van der Waals surface area contributed by atoms with E-state index in [1.807, 2.05) is 25.4 Å². The lowest BCUT2D eigenvalue weighted by Crippen LogP contribution is -2.20. The molecule has 3 nitrogen and oxygen atoms in total. The lowest BCUT2D eigenvalue weighted by Gasteiger charge is -2.09. The van der Waals surface area contributed by atoms with E-state index in [-0.39, 0.29) is 5.92 Å². The van der Waals surface area contributed by atoms with Gasteiger partial charge in [0.2, 0.25) is 11.4 Å². The normalized spacial score (nSPS) is 22.8. The fourth-order valence-electron chi connectivity index (χ4n) is 2.10. The number of nitrogens with zero attached hydrogens (tertiary/aromatic N) is 2. The molecule has 1 unspecified atom stereocenters. The molecule has 0 aliphatic carbocycles. The third-order valence-electron chi connectivity index (χ3n) is 2.83. The summed E-state index contributed by atoms with van der Waals surface area (Å²) in [5.74, 6) is 0.112. The second kappa shape index (κ2) is 2.79. The number of fused-ring (bicyclic) bond motifs is 3. The van der Waals surface area contributed by atoms with Crippen LogP contribution in [0, 0.1) is 18.0 Å². The lowest BCUT2D eigenvalue weighted by molar-refractivity contribution is -0.358. The van der Waals surface area contributed by atoms with Gasteiger partial charge in [-0.15, -0.1) is 11.3 Å². The molecule has 0 radical (unpaired) electrons. The Morgan fingerprint density at radius 1 is 1.53 bits per heavy atom. The van der Waals surface area contributed by atoms with Gasteiger partial charge in [-0.05, 0) is 13.8 Å². The van der Waals surface area contributed by atoms with Gasteiger partial charge < -0.3 is 5.21 Å². The minimum atomic E-state index is 0.112. The van der Waals surface area contributed by atoms with Crippen LogP contribution in [0.15, 0.2) is 16.6 Å². The molecule has 1 aromatic rings. The zero-order valence-corrected chi connectivity index (χ0v) is 9.34. The van der Waals surface area contributed by atoms with Crippen molar-refractivity contribution in [2.75, 3.05) is 0 Å². The van der Waals surface area contributed by atoms with Gasteiger partial charge >= 0.3 is 0 Å². The summed E-state index contributed by atoms with van der Waals surface area (Å²) in [5, 5.41) is 14.1. The molecule has 3 heterocycles. The maximum atomic E-state index is 12.1. The molecule has 3 rings (SSSR count). The van der Waals surface area contributed by atoms with Crippen molar-refractivity contribution in [3.63, 3.8) is 0 Å². The van der Waals surface area contributed by atoms with Crippen LogP contribution in [0.4, 0.5) is 5.69 Å². The molecule has 0 fully saturated rings. The molecular weight excluding hydrogens is 208 g/mol. The minimum Gasteiger partial charge on any atom is -0.618 e. The summed E-state index contributed by atoms with van der Waals surface area (Å²) in [6.07, 6.45) is 3.61. The van der Waals surface area contributed by atoms with Crippen molar-refractivity contribution in [3.8, 4) is 0 Å². The van der Waals surface area contributed by atoms with Gasteiger partial charge in [0.25, 0.3) is 0 Å². The third-order valence-corrected chi connectivity index (χ3v) is 3.95. The number of thiophene rings is 1. The molecule has 15 heavy (non-hydrogen) atoms. The van der Waals surface area contributed by atoms with Crippen LogP contribution in [0.25, 0.3) is 5.57 Å². The number of hydrogen-bond donors (Lipinski definition) is 0. The van der Waals surface area contributed by atoms with Gasteiger partial charge in [0.05, 0.1) is 11.5 Å². The van der Waals surface area contributed by atoms with Gasteiger partial charge in [-0.2, -0.15) is 4.74 Å². The number of aryl methyl sites for hydroxylation is 1. The molecule has 76 valence electrons. The Morgan fingerprint density at radius 3 is 3.13 bits per heavy atom. The van der Waals surface area contributed by atoms with Crippen molar-refractivity contribution >= 4 is 34.5 Å². The highest BCUT2D eigenvalue weighted by molar-refractivity contribution is 7.12. The lowest BCUT2D eigenvalue weighted by atomic mass is 9.99. The van der Waals surface area contributed by atoms with E-state index in [2.05, 4.69) is 4.99 Å². The fraction of sp³-hybridized carbons (Fsp3) is 0.273. The molecule has 1 atom stereocenters. The topological polar surface area (TPSA) is 38.4 Å². The molecule has 0 saturated carbocycles. The van der Waals surface area contributed by atoms with Crippen molar-refractivity contribution in [3.05, 3.63) is 27.2 Å². The van der Waals surface area contributed by atoms with Crippen LogP contribution in [0.3, 0.4) is 0 Å². The van der Waals surface area contributed by atoms with E-state index < -0.39 is 0 Å². The summed E-state index contributed by atoms with van der Waals surface area (Å²) < 4.78 is 1.07. The van der Waals surface area contributed by atoms with E-state index in [1.54, 1.807) is 17.5 Å². The maximum Gasteiger partial charge on any atom is 0.238 e. The predicted molar refractivity (Wildman–Crippen MR) is 63.0 cm³/mol. The predicted octanol–water partition coefficient (Wildman–Crippen LogP) is 2.71. The number of aliphatic imine (C=N–C) groups is 1. The average molecular weight is 218 g/mol. The molecule has 2 aliphatic rings. The zero-order chi connectivity index (χ0) is 10.6. The van der Waals surface area contributed by atoms with Crippen LogP contribution < -0.4 is 0 Å². The van der Waals surface area contributed by atoms with E-state index in [4.69, 9.17) is 0 Å². The van der Waals surface area contributed by atoms with Gasteiger partial charge in [0.1, 0.15) is 4.88 Å². The Balaban J connectivity index is 2.33. The molecule has 0 amide bonds. The standard InChI is InChI=1S/C11H10N2OS/c1-6-3-12-4-8-9(6)13(14)10-7(2)5-15-11(8)10/h3-6H,1-2H3. The van der Waals surface area contributed by atoms with Crippen LogP contribution in [-0.4, -0.2) is 16.7 Å². The van der Waals surface area contributed by atoms with E-state index >= 15 is 0 Å². The van der Waals surface area contributed by atoms with E-state index in [1.165, 1.54) is 0 Å². The summed E-state index contributed by atoms with van der Waals surface area (Å²) >= 11 is 1.63. The first-order valence-electron chi connectivity index (χ1n) is 4.86. The van der Waals surface area contributed by atoms with E-state index in [0.29, 0.717) is 0 Å². The summed E-state index contributed by atoms with van der Waals surface area (Å²) in [6.45, 7) is 3.98. The highest BCUT2D eigenvalue weighted by atomic mass is 32.1. The molecule has 4 heteroatoms. The van der Waals surface area contributed by atoms with Gasteiger partial charge in [-0.1, -0.05) is 0 Å². The Kier molecular flexibility index (Phi) is 1.65. The van der Waals surface area contributed by atoms with Crippen LogP contribution in [-0.2, 0) is 0 Å². The number of rotatable bonds is 0. The van der Waals surface area contributed by atoms with Crippen molar-refractivity contribution in [2.24, 2.45) is 10.9 Å². The fourth-order valence-corrected chi connectivity index (χ4v) is 3.15. The molecule has 0 N–H and O–H groups in total. The van der Waals surface area contributed by atoms with Crippen LogP contribution in [0.2, 0.25) is 0 Å². The highest BCUT2D eigenvalue weighted by Gasteiger charge is 2.38. The van der Waals surface area contributed by atoms with Gasteiger partial charge in [0, 0.05) is 23.4 Å². The average Bonchev–Trinajstić information content (AvgIpc) is 2.70. The zero-order valence-electron chi connectivity index (χ0n) is 8.52. The SMILES string of the molecule is Cc1csc2c1[N+]([O-])=C1C2=CN=CC1C. The Hall–Kier alpha value is -1.42. The van der Waals surface area contributed by atoms with Gasteiger partial charge in [0.15, 0.2) is 0 Å². The number of allylic oxidation sites excluding steroid dienone is 1. The summed E-state index contributed by atoms with van der Waals surface area (Å²) in [7, 11) is 0. The van der Waals surface area contributed by atoms with Crippen LogP contribution in [0.1, 0.15) is 17.4 Å². The number of hydrogen-bond acceptors (Lipinski definition) is 3. The van der Waals surface area contributed by atoms with Crippen molar-refractivity contribution in [1.29, 1.82) is 0 Å².